The monoisotopic (exact) mass is 422 g/mol. The fourth-order valence-corrected chi connectivity index (χ4v) is 3.90. The number of aromatic nitrogens is 2. The third-order valence-electron chi connectivity index (χ3n) is 5.41. The van der Waals surface area contributed by atoms with E-state index in [1.165, 1.54) is 12.3 Å². The number of nitrogens with one attached hydrogen (secondary N) is 4. The third-order valence-corrected chi connectivity index (χ3v) is 5.41. The molecule has 4 rings (SSSR count). The van der Waals surface area contributed by atoms with Crippen molar-refractivity contribution in [2.24, 2.45) is 0 Å². The predicted octanol–water partition coefficient (Wildman–Crippen LogP) is 0.901. The van der Waals surface area contributed by atoms with E-state index < -0.39 is 23.2 Å². The van der Waals surface area contributed by atoms with E-state index in [9.17, 15) is 19.2 Å². The van der Waals surface area contributed by atoms with Crippen LogP contribution in [-0.4, -0.2) is 27.8 Å². The van der Waals surface area contributed by atoms with Gasteiger partial charge in [-0.05, 0) is 36.6 Å². The Kier molecular flexibility index (Phi) is 5.57. The Morgan fingerprint density at radius 2 is 1.94 bits per heavy atom. The molecule has 1 unspecified atom stereocenters. The summed E-state index contributed by atoms with van der Waals surface area (Å²) in [4.78, 5) is 52.9. The van der Waals surface area contributed by atoms with Crippen molar-refractivity contribution in [3.05, 3.63) is 92.1 Å². The van der Waals surface area contributed by atoms with Crippen LogP contribution >= 0.6 is 0 Å². The highest BCUT2D eigenvalue weighted by molar-refractivity contribution is 5.83. The first-order valence-electron chi connectivity index (χ1n) is 9.94. The minimum atomic E-state index is -0.666. The maximum Gasteiger partial charge on any atom is 0.325 e. The zero-order valence-electron chi connectivity index (χ0n) is 16.8. The summed E-state index contributed by atoms with van der Waals surface area (Å²) >= 11 is 0. The van der Waals surface area contributed by atoms with Crippen LogP contribution in [-0.2, 0) is 22.4 Å². The van der Waals surface area contributed by atoms with Crippen molar-refractivity contribution in [3.63, 3.8) is 0 Å². The number of benzene rings is 1. The topological polar surface area (TPSA) is 137 Å². The lowest BCUT2D eigenvalue weighted by Crippen LogP contribution is -2.45. The Hall–Kier alpha value is -3.88. The molecule has 0 radical (unpaired) electrons. The first-order chi connectivity index (χ1) is 14.9. The average Bonchev–Trinajstić information content (AvgIpc) is 3.35. The fourth-order valence-electron chi connectivity index (χ4n) is 3.90. The minimum Gasteiger partial charge on any atom is -0.469 e. The summed E-state index contributed by atoms with van der Waals surface area (Å²) in [5.74, 6) is -0.505. The highest BCUT2D eigenvalue weighted by Crippen LogP contribution is 2.32. The Labute approximate surface area is 176 Å². The Balaban J connectivity index is 1.50. The molecule has 3 atom stereocenters. The summed E-state index contributed by atoms with van der Waals surface area (Å²) in [6.07, 6.45) is 1.91. The van der Waals surface area contributed by atoms with E-state index in [0.717, 1.165) is 11.1 Å². The van der Waals surface area contributed by atoms with Gasteiger partial charge in [0.05, 0.1) is 30.7 Å². The van der Waals surface area contributed by atoms with Crippen LogP contribution in [0.4, 0.5) is 0 Å². The molecule has 0 aliphatic heterocycles. The molecule has 0 saturated heterocycles. The van der Waals surface area contributed by atoms with Gasteiger partial charge in [0, 0.05) is 11.8 Å². The molecule has 31 heavy (non-hydrogen) atoms. The molecule has 1 aliphatic carbocycles. The van der Waals surface area contributed by atoms with E-state index in [2.05, 4.69) is 20.6 Å². The second kappa shape index (κ2) is 8.47. The van der Waals surface area contributed by atoms with Gasteiger partial charge in [-0.2, -0.15) is 0 Å². The van der Waals surface area contributed by atoms with E-state index >= 15 is 0 Å². The normalized spacial score (nSPS) is 18.2. The van der Waals surface area contributed by atoms with E-state index in [1.54, 1.807) is 19.1 Å². The molecule has 160 valence electrons. The SMILES string of the molecule is CC(C(=O)N[C@@H]1c2ccccc2C[C@H]1NC(=O)Cc1cc(=O)[nH]c(=O)[nH]1)c1ccco1. The molecule has 9 nitrogen and oxygen atoms in total. The summed E-state index contributed by atoms with van der Waals surface area (Å²) < 4.78 is 5.34. The molecule has 0 spiro atoms. The van der Waals surface area contributed by atoms with Crippen molar-refractivity contribution in [1.29, 1.82) is 0 Å². The minimum absolute atomic E-state index is 0.157. The van der Waals surface area contributed by atoms with Gasteiger partial charge in [0.25, 0.3) is 5.56 Å². The van der Waals surface area contributed by atoms with Gasteiger partial charge in [0.15, 0.2) is 0 Å². The molecule has 2 aromatic heterocycles. The molecular weight excluding hydrogens is 400 g/mol. The van der Waals surface area contributed by atoms with Crippen molar-refractivity contribution >= 4 is 11.8 Å². The molecule has 0 bridgehead atoms. The number of fused-ring (bicyclic) bond motifs is 1. The summed E-state index contributed by atoms with van der Waals surface area (Å²) in [6, 6.07) is 11.6. The van der Waals surface area contributed by atoms with Crippen LogP contribution in [0.25, 0.3) is 0 Å². The summed E-state index contributed by atoms with van der Waals surface area (Å²) in [5.41, 5.74) is 0.956. The molecule has 1 aromatic carbocycles. The van der Waals surface area contributed by atoms with Gasteiger partial charge in [-0.1, -0.05) is 24.3 Å². The Bertz CT molecular complexity index is 1180. The fraction of sp³-hybridized carbons (Fsp3) is 0.273. The highest BCUT2D eigenvalue weighted by atomic mass is 16.3. The zero-order valence-corrected chi connectivity index (χ0v) is 16.8. The zero-order chi connectivity index (χ0) is 22.0. The largest absolute Gasteiger partial charge is 0.469 e. The van der Waals surface area contributed by atoms with Crippen molar-refractivity contribution in [1.82, 2.24) is 20.6 Å². The Morgan fingerprint density at radius 3 is 2.68 bits per heavy atom. The summed E-state index contributed by atoms with van der Waals surface area (Å²) in [5, 5.41) is 5.97. The van der Waals surface area contributed by atoms with Crippen molar-refractivity contribution in [2.75, 3.05) is 0 Å². The lowest BCUT2D eigenvalue weighted by molar-refractivity contribution is -0.125. The van der Waals surface area contributed by atoms with Crippen molar-refractivity contribution < 1.29 is 14.0 Å². The number of H-pyrrole nitrogens is 2. The Morgan fingerprint density at radius 1 is 1.13 bits per heavy atom. The van der Waals surface area contributed by atoms with E-state index in [1.807, 2.05) is 24.3 Å². The van der Waals surface area contributed by atoms with Gasteiger partial charge in [-0.3, -0.25) is 19.4 Å². The first kappa shape index (κ1) is 20.4. The lowest BCUT2D eigenvalue weighted by Gasteiger charge is -2.24. The van der Waals surface area contributed by atoms with Gasteiger partial charge in [0.1, 0.15) is 5.76 Å². The number of hydrogen-bond donors (Lipinski definition) is 4. The van der Waals surface area contributed by atoms with Crippen LogP contribution in [0, 0.1) is 0 Å². The second-order valence-electron chi connectivity index (χ2n) is 7.59. The van der Waals surface area contributed by atoms with Gasteiger partial charge < -0.3 is 20.0 Å². The molecule has 3 aromatic rings. The number of carbonyl (C=O) groups excluding carboxylic acids is 2. The maximum atomic E-state index is 12.8. The molecule has 9 heteroatoms. The van der Waals surface area contributed by atoms with Crippen LogP contribution in [0.3, 0.4) is 0 Å². The summed E-state index contributed by atoms with van der Waals surface area (Å²) in [7, 11) is 0. The van der Waals surface area contributed by atoms with Gasteiger partial charge in [-0.25, -0.2) is 4.79 Å². The van der Waals surface area contributed by atoms with Crippen molar-refractivity contribution in [2.45, 2.75) is 37.8 Å². The average molecular weight is 422 g/mol. The quantitative estimate of drug-likeness (QED) is 0.468. The number of hydrogen-bond acceptors (Lipinski definition) is 5. The molecule has 0 fully saturated rings. The molecular formula is C22H22N4O5. The molecule has 1 aliphatic rings. The van der Waals surface area contributed by atoms with Crippen LogP contribution in [0.2, 0.25) is 0 Å². The summed E-state index contributed by atoms with van der Waals surface area (Å²) in [6.45, 7) is 1.76. The van der Waals surface area contributed by atoms with E-state index in [0.29, 0.717) is 12.2 Å². The van der Waals surface area contributed by atoms with Gasteiger partial charge >= 0.3 is 5.69 Å². The van der Waals surface area contributed by atoms with Crippen LogP contribution < -0.4 is 21.9 Å². The molecule has 4 N–H and O–H groups in total. The van der Waals surface area contributed by atoms with Crippen LogP contribution in [0.5, 0.6) is 0 Å². The molecule has 2 amide bonds. The third kappa shape index (κ3) is 4.50. The van der Waals surface area contributed by atoms with E-state index in [-0.39, 0.29) is 30.0 Å². The molecule has 0 saturated carbocycles. The van der Waals surface area contributed by atoms with Crippen molar-refractivity contribution in [3.8, 4) is 0 Å². The van der Waals surface area contributed by atoms with Crippen LogP contribution in [0.15, 0.2) is 62.7 Å². The number of furan rings is 1. The van der Waals surface area contributed by atoms with Gasteiger partial charge in [0.2, 0.25) is 11.8 Å². The molecule has 2 heterocycles. The smallest absolute Gasteiger partial charge is 0.325 e. The number of carbonyl (C=O) groups is 2. The van der Waals surface area contributed by atoms with Gasteiger partial charge in [-0.15, -0.1) is 0 Å². The highest BCUT2D eigenvalue weighted by Gasteiger charge is 2.35. The number of aromatic amines is 2. The number of amides is 2. The lowest BCUT2D eigenvalue weighted by atomic mass is 10.0. The van der Waals surface area contributed by atoms with E-state index in [4.69, 9.17) is 4.42 Å². The predicted molar refractivity (Wildman–Crippen MR) is 111 cm³/mol. The maximum absolute atomic E-state index is 12.8. The standard InChI is InChI=1S/C22H22N4O5/c1-12(17-7-4-8-31-17)21(29)26-20-15-6-3-2-5-13(15)9-16(20)24-18(27)10-14-11-19(28)25-22(30)23-14/h2-8,11-12,16,20H,9-10H2,1H3,(H,24,27)(H,26,29)(H2,23,25,28,30)/t12?,16-,20-/m1/s1. The second-order valence-corrected chi connectivity index (χ2v) is 7.59. The number of rotatable bonds is 6. The van der Waals surface area contributed by atoms with Crippen LogP contribution in [0.1, 0.15) is 41.5 Å². The first-order valence-corrected chi connectivity index (χ1v) is 9.94.